The van der Waals surface area contributed by atoms with Gasteiger partial charge in [0.1, 0.15) is 0 Å². The van der Waals surface area contributed by atoms with Crippen LogP contribution in [0.5, 0.6) is 0 Å². The van der Waals surface area contributed by atoms with Gasteiger partial charge < -0.3 is 10.6 Å². The molecule has 0 spiro atoms. The topological polar surface area (TPSA) is 41.1 Å². The molecule has 0 bridgehead atoms. The number of carbonyl (C=O) groups excluding carboxylic acids is 1. The monoisotopic (exact) mass is 226 g/mol. The second-order valence-corrected chi connectivity index (χ2v) is 5.48. The molecule has 2 amide bonds. The molecule has 0 radical (unpaired) electrons. The lowest BCUT2D eigenvalue weighted by Crippen LogP contribution is -2.40. The van der Waals surface area contributed by atoms with E-state index in [1.54, 1.807) is 0 Å². The zero-order chi connectivity index (χ0) is 12.0. The minimum Gasteiger partial charge on any atom is -0.338 e. The second-order valence-electron chi connectivity index (χ2n) is 5.48. The van der Waals surface area contributed by atoms with Gasteiger partial charge in [0.2, 0.25) is 0 Å². The molecule has 0 saturated heterocycles. The average molecular weight is 226 g/mol. The van der Waals surface area contributed by atoms with E-state index in [-0.39, 0.29) is 12.1 Å². The van der Waals surface area contributed by atoms with Gasteiger partial charge in [-0.25, -0.2) is 4.79 Å². The quantitative estimate of drug-likeness (QED) is 0.760. The normalized spacial score (nSPS) is 25.5. The highest BCUT2D eigenvalue weighted by Gasteiger charge is 2.18. The Bertz CT molecular complexity index is 216. The Kier molecular flexibility index (Phi) is 5.64. The number of hydrogen-bond acceptors (Lipinski definition) is 1. The van der Waals surface area contributed by atoms with Crippen molar-refractivity contribution in [1.82, 2.24) is 10.6 Å². The Hall–Kier alpha value is -0.730. The lowest BCUT2D eigenvalue weighted by atomic mass is 9.81. The Morgan fingerprint density at radius 2 is 2.12 bits per heavy atom. The van der Waals surface area contributed by atoms with E-state index in [1.165, 1.54) is 25.7 Å². The first kappa shape index (κ1) is 13.3. The third kappa shape index (κ3) is 5.38. The van der Waals surface area contributed by atoms with Crippen molar-refractivity contribution < 1.29 is 4.79 Å². The van der Waals surface area contributed by atoms with Crippen molar-refractivity contribution in [3.05, 3.63) is 0 Å². The summed E-state index contributed by atoms with van der Waals surface area (Å²) in [4.78, 5) is 11.3. The van der Waals surface area contributed by atoms with Gasteiger partial charge in [0, 0.05) is 12.6 Å². The summed E-state index contributed by atoms with van der Waals surface area (Å²) in [6.45, 7) is 7.10. The highest BCUT2D eigenvalue weighted by Crippen LogP contribution is 2.30. The molecule has 0 aromatic heterocycles. The first-order chi connectivity index (χ1) is 7.58. The Morgan fingerprint density at radius 3 is 2.75 bits per heavy atom. The summed E-state index contributed by atoms with van der Waals surface area (Å²) in [7, 11) is 0. The molecule has 3 heteroatoms. The van der Waals surface area contributed by atoms with Gasteiger partial charge in [-0.2, -0.15) is 0 Å². The van der Waals surface area contributed by atoms with E-state index in [4.69, 9.17) is 0 Å². The molecule has 3 nitrogen and oxygen atoms in total. The number of amides is 2. The fourth-order valence-electron chi connectivity index (χ4n) is 2.52. The maximum absolute atomic E-state index is 11.3. The van der Waals surface area contributed by atoms with Gasteiger partial charge in [-0.05, 0) is 38.5 Å². The molecule has 0 aromatic carbocycles. The fourth-order valence-corrected chi connectivity index (χ4v) is 2.52. The van der Waals surface area contributed by atoms with Crippen LogP contribution in [0.25, 0.3) is 0 Å². The average Bonchev–Trinajstić information content (AvgIpc) is 2.16. The molecule has 1 aliphatic carbocycles. The summed E-state index contributed by atoms with van der Waals surface area (Å²) in [5, 5.41) is 5.77. The molecule has 2 unspecified atom stereocenters. The summed E-state index contributed by atoms with van der Waals surface area (Å²) in [6, 6.07) is 0.188. The van der Waals surface area contributed by atoms with Crippen LogP contribution in [0.1, 0.15) is 52.9 Å². The Balaban J connectivity index is 2.08. The van der Waals surface area contributed by atoms with E-state index < -0.39 is 0 Å². The minimum absolute atomic E-state index is 0.0288. The molecule has 1 fully saturated rings. The number of urea groups is 1. The van der Waals surface area contributed by atoms with Crippen LogP contribution in [-0.4, -0.2) is 18.6 Å². The van der Waals surface area contributed by atoms with E-state index in [0.717, 1.165) is 24.8 Å². The molecule has 0 aromatic rings. The van der Waals surface area contributed by atoms with Crippen LogP contribution >= 0.6 is 0 Å². The van der Waals surface area contributed by atoms with Gasteiger partial charge in [0.05, 0.1) is 0 Å². The van der Waals surface area contributed by atoms with Crippen molar-refractivity contribution in [2.24, 2.45) is 11.8 Å². The van der Waals surface area contributed by atoms with E-state index in [9.17, 15) is 4.79 Å². The van der Waals surface area contributed by atoms with Crippen molar-refractivity contribution in [3.63, 3.8) is 0 Å². The molecule has 94 valence electrons. The van der Waals surface area contributed by atoms with Crippen LogP contribution in [0.15, 0.2) is 0 Å². The van der Waals surface area contributed by atoms with Gasteiger partial charge in [-0.1, -0.05) is 26.2 Å². The zero-order valence-electron chi connectivity index (χ0n) is 10.9. The van der Waals surface area contributed by atoms with Crippen molar-refractivity contribution >= 4 is 6.03 Å². The zero-order valence-corrected chi connectivity index (χ0v) is 10.9. The third-order valence-corrected chi connectivity index (χ3v) is 3.30. The van der Waals surface area contributed by atoms with Gasteiger partial charge in [-0.15, -0.1) is 0 Å². The van der Waals surface area contributed by atoms with Crippen molar-refractivity contribution in [2.45, 2.75) is 58.9 Å². The predicted octanol–water partition coefficient (Wildman–Crippen LogP) is 2.91. The van der Waals surface area contributed by atoms with Gasteiger partial charge >= 0.3 is 6.03 Å². The third-order valence-electron chi connectivity index (χ3n) is 3.30. The van der Waals surface area contributed by atoms with E-state index >= 15 is 0 Å². The number of rotatable bonds is 4. The molecule has 16 heavy (non-hydrogen) atoms. The lowest BCUT2D eigenvalue weighted by Gasteiger charge is -2.26. The van der Waals surface area contributed by atoms with Crippen molar-refractivity contribution in [3.8, 4) is 0 Å². The second kappa shape index (κ2) is 6.77. The number of hydrogen-bond donors (Lipinski definition) is 2. The molecular formula is C13H26N2O. The summed E-state index contributed by atoms with van der Waals surface area (Å²) < 4.78 is 0. The van der Waals surface area contributed by atoms with Crippen LogP contribution in [0.4, 0.5) is 4.79 Å². The SMILES string of the molecule is CC1CCCC(CCNC(=O)NC(C)C)C1. The molecule has 2 atom stereocenters. The molecule has 0 aliphatic heterocycles. The predicted molar refractivity (Wildman–Crippen MR) is 67.4 cm³/mol. The molecule has 2 N–H and O–H groups in total. The first-order valence-corrected chi connectivity index (χ1v) is 6.62. The summed E-state index contributed by atoms with van der Waals surface area (Å²) in [6.07, 6.45) is 6.57. The fraction of sp³-hybridized carbons (Fsp3) is 0.923. The highest BCUT2D eigenvalue weighted by atomic mass is 16.2. The van der Waals surface area contributed by atoms with E-state index in [2.05, 4.69) is 17.6 Å². The van der Waals surface area contributed by atoms with Crippen LogP contribution in [0, 0.1) is 11.8 Å². The summed E-state index contributed by atoms with van der Waals surface area (Å²) >= 11 is 0. The van der Waals surface area contributed by atoms with Gasteiger partial charge in [0.15, 0.2) is 0 Å². The molecule has 1 rings (SSSR count). The molecule has 0 heterocycles. The van der Waals surface area contributed by atoms with Crippen LogP contribution in [0.2, 0.25) is 0 Å². The molecule has 1 saturated carbocycles. The summed E-state index contributed by atoms with van der Waals surface area (Å²) in [5.74, 6) is 1.70. The summed E-state index contributed by atoms with van der Waals surface area (Å²) in [5.41, 5.74) is 0. The van der Waals surface area contributed by atoms with Gasteiger partial charge in [-0.3, -0.25) is 0 Å². The largest absolute Gasteiger partial charge is 0.338 e. The van der Waals surface area contributed by atoms with E-state index in [1.807, 2.05) is 13.8 Å². The maximum Gasteiger partial charge on any atom is 0.314 e. The van der Waals surface area contributed by atoms with Crippen molar-refractivity contribution in [1.29, 1.82) is 0 Å². The maximum atomic E-state index is 11.3. The van der Waals surface area contributed by atoms with Gasteiger partial charge in [0.25, 0.3) is 0 Å². The number of carbonyl (C=O) groups is 1. The first-order valence-electron chi connectivity index (χ1n) is 6.62. The standard InChI is InChI=1S/C13H26N2O/c1-10(2)15-13(16)14-8-7-12-6-4-5-11(3)9-12/h10-12H,4-9H2,1-3H3,(H2,14,15,16). The Morgan fingerprint density at radius 1 is 1.38 bits per heavy atom. The van der Waals surface area contributed by atoms with Crippen LogP contribution in [0.3, 0.4) is 0 Å². The van der Waals surface area contributed by atoms with Crippen LogP contribution in [-0.2, 0) is 0 Å². The highest BCUT2D eigenvalue weighted by molar-refractivity contribution is 5.73. The molecular weight excluding hydrogens is 200 g/mol. The number of nitrogens with one attached hydrogen (secondary N) is 2. The van der Waals surface area contributed by atoms with Crippen molar-refractivity contribution in [2.75, 3.05) is 6.54 Å². The van der Waals surface area contributed by atoms with E-state index in [0.29, 0.717) is 0 Å². The lowest BCUT2D eigenvalue weighted by molar-refractivity contribution is 0.234. The van der Waals surface area contributed by atoms with Crippen LogP contribution < -0.4 is 10.6 Å². The Labute approximate surface area is 99.4 Å². The molecule has 1 aliphatic rings. The smallest absolute Gasteiger partial charge is 0.314 e. The minimum atomic E-state index is -0.0288.